The van der Waals surface area contributed by atoms with Crippen LogP contribution >= 0.6 is 11.3 Å². The van der Waals surface area contributed by atoms with E-state index in [-0.39, 0.29) is 11.3 Å². The van der Waals surface area contributed by atoms with Crippen LogP contribution in [0.15, 0.2) is 66.5 Å². The van der Waals surface area contributed by atoms with Gasteiger partial charge in [0.1, 0.15) is 11.5 Å². The molecule has 1 unspecified atom stereocenters. The van der Waals surface area contributed by atoms with E-state index in [0.29, 0.717) is 51.5 Å². The summed E-state index contributed by atoms with van der Waals surface area (Å²) >= 11 is 1.26. The topological polar surface area (TPSA) is 111 Å². The quantitative estimate of drug-likeness (QED) is 0.157. The number of methoxy groups -OCH3 is 2. The van der Waals surface area contributed by atoms with Gasteiger partial charge in [-0.05, 0) is 60.4 Å². The Morgan fingerprint density at radius 2 is 1.80 bits per heavy atom. The molecule has 0 aliphatic carbocycles. The smallest absolute Gasteiger partial charge is 0.301 e. The second-order valence-electron chi connectivity index (χ2n) is 9.68. The molecule has 0 saturated carbocycles. The second kappa shape index (κ2) is 11.4. The molecule has 4 aromatic rings. The zero-order valence-corrected chi connectivity index (χ0v) is 23.4. The molecule has 1 atom stereocenters. The number of carbonyl (C=O) groups excluding carboxylic acids is 2. The van der Waals surface area contributed by atoms with Gasteiger partial charge in [0.15, 0.2) is 16.6 Å². The van der Waals surface area contributed by atoms with E-state index in [9.17, 15) is 14.7 Å². The number of hydrogen-bond acceptors (Lipinski definition) is 9. The van der Waals surface area contributed by atoms with Crippen LogP contribution in [0.5, 0.6) is 17.2 Å². The SMILES string of the molecule is COc1ccc2nc(N3C(=O)C(=O)C(=C(O)c4ccncc4)C3c3ccc(OCCC(C)C)c(OC)c3)sc2c1. The minimum absolute atomic E-state index is 0.0523. The van der Waals surface area contributed by atoms with E-state index in [1.807, 2.05) is 6.07 Å². The first-order valence-electron chi connectivity index (χ1n) is 12.8. The van der Waals surface area contributed by atoms with Crippen LogP contribution in [0.3, 0.4) is 0 Å². The molecule has 0 spiro atoms. The molecule has 1 fully saturated rings. The number of Topliss-reactive ketones (excluding diaryl/α,β-unsaturated/α-hetero) is 1. The number of benzene rings is 2. The van der Waals surface area contributed by atoms with Gasteiger partial charge >= 0.3 is 5.91 Å². The minimum atomic E-state index is -0.964. The molecule has 1 N–H and O–H groups in total. The Morgan fingerprint density at radius 3 is 2.50 bits per heavy atom. The predicted molar refractivity (Wildman–Crippen MR) is 153 cm³/mol. The summed E-state index contributed by atoms with van der Waals surface area (Å²) in [5, 5.41) is 11.6. The molecular weight excluding hydrogens is 530 g/mol. The van der Waals surface area contributed by atoms with Gasteiger partial charge in [0.2, 0.25) is 0 Å². The molecular formula is C30H29N3O6S. The summed E-state index contributed by atoms with van der Waals surface area (Å²) in [4.78, 5) is 37.1. The lowest BCUT2D eigenvalue weighted by Gasteiger charge is -2.24. The summed E-state index contributed by atoms with van der Waals surface area (Å²) in [6.07, 6.45) is 3.89. The van der Waals surface area contributed by atoms with Gasteiger partial charge in [-0.2, -0.15) is 0 Å². The maximum atomic E-state index is 13.6. The number of ether oxygens (including phenoxy) is 3. The number of pyridine rings is 1. The van der Waals surface area contributed by atoms with Crippen molar-refractivity contribution in [3.8, 4) is 17.2 Å². The summed E-state index contributed by atoms with van der Waals surface area (Å²) in [6, 6.07) is 12.8. The molecule has 0 bridgehead atoms. The van der Waals surface area contributed by atoms with Gasteiger partial charge in [-0.1, -0.05) is 31.3 Å². The normalized spacial score (nSPS) is 16.6. The molecule has 9 nitrogen and oxygen atoms in total. The van der Waals surface area contributed by atoms with Crippen molar-refractivity contribution in [1.29, 1.82) is 0 Å². The highest BCUT2D eigenvalue weighted by Crippen LogP contribution is 2.46. The van der Waals surface area contributed by atoms with Crippen molar-refractivity contribution < 1.29 is 28.9 Å². The average Bonchev–Trinajstić information content (AvgIpc) is 3.50. The van der Waals surface area contributed by atoms with Gasteiger partial charge in [-0.3, -0.25) is 19.5 Å². The monoisotopic (exact) mass is 559 g/mol. The number of nitrogens with zero attached hydrogens (tertiary/aromatic N) is 3. The molecule has 40 heavy (non-hydrogen) atoms. The molecule has 5 rings (SSSR count). The number of anilines is 1. The third-order valence-corrected chi connectivity index (χ3v) is 7.66. The van der Waals surface area contributed by atoms with Crippen LogP contribution in [0.25, 0.3) is 16.0 Å². The summed E-state index contributed by atoms with van der Waals surface area (Å²) < 4.78 is 17.7. The van der Waals surface area contributed by atoms with Crippen molar-refractivity contribution >= 4 is 44.1 Å². The van der Waals surface area contributed by atoms with Crippen LogP contribution in [0.4, 0.5) is 5.13 Å². The number of thiazole rings is 1. The van der Waals surface area contributed by atoms with E-state index >= 15 is 0 Å². The van der Waals surface area contributed by atoms with Crippen LogP contribution in [-0.2, 0) is 9.59 Å². The number of hydrogen-bond donors (Lipinski definition) is 1. The molecule has 1 saturated heterocycles. The van der Waals surface area contributed by atoms with Gasteiger partial charge in [0, 0.05) is 18.0 Å². The lowest BCUT2D eigenvalue weighted by atomic mass is 9.95. The zero-order valence-electron chi connectivity index (χ0n) is 22.6. The number of carbonyl (C=O) groups is 2. The molecule has 1 amide bonds. The first-order chi connectivity index (χ1) is 19.3. The number of rotatable bonds is 9. The zero-order chi connectivity index (χ0) is 28.4. The highest BCUT2D eigenvalue weighted by molar-refractivity contribution is 7.22. The predicted octanol–water partition coefficient (Wildman–Crippen LogP) is 5.76. The Morgan fingerprint density at radius 1 is 1.02 bits per heavy atom. The second-order valence-corrected chi connectivity index (χ2v) is 10.7. The number of aromatic nitrogens is 2. The summed E-state index contributed by atoms with van der Waals surface area (Å²) in [6.45, 7) is 4.75. The highest BCUT2D eigenvalue weighted by atomic mass is 32.1. The third kappa shape index (κ3) is 5.10. The molecule has 2 aromatic carbocycles. The summed E-state index contributed by atoms with van der Waals surface area (Å²) in [5.41, 5.74) is 1.53. The first-order valence-corrected chi connectivity index (χ1v) is 13.6. The fourth-order valence-electron chi connectivity index (χ4n) is 4.51. The van der Waals surface area contributed by atoms with Crippen molar-refractivity contribution in [3.05, 3.63) is 77.6 Å². The van der Waals surface area contributed by atoms with Gasteiger partial charge in [0.25, 0.3) is 5.78 Å². The fraction of sp³-hybridized carbons (Fsp3) is 0.267. The van der Waals surface area contributed by atoms with Crippen LogP contribution in [0.1, 0.15) is 37.4 Å². The number of ketones is 1. The fourth-order valence-corrected chi connectivity index (χ4v) is 5.53. The molecule has 3 heterocycles. The number of fused-ring (bicyclic) bond motifs is 1. The summed E-state index contributed by atoms with van der Waals surface area (Å²) in [5.74, 6) is 0.223. The number of aliphatic hydroxyl groups is 1. The van der Waals surface area contributed by atoms with E-state index in [2.05, 4.69) is 23.8 Å². The van der Waals surface area contributed by atoms with Crippen molar-refractivity contribution in [3.63, 3.8) is 0 Å². The van der Waals surface area contributed by atoms with Crippen LogP contribution in [-0.4, -0.2) is 47.6 Å². The Bertz CT molecular complexity index is 1600. The first kappa shape index (κ1) is 27.1. The van der Waals surface area contributed by atoms with Crippen molar-refractivity contribution in [1.82, 2.24) is 9.97 Å². The van der Waals surface area contributed by atoms with Crippen LogP contribution in [0, 0.1) is 5.92 Å². The van der Waals surface area contributed by atoms with E-state index in [4.69, 9.17) is 14.2 Å². The maximum Gasteiger partial charge on any atom is 0.301 e. The maximum absolute atomic E-state index is 13.6. The van der Waals surface area contributed by atoms with Gasteiger partial charge in [-0.15, -0.1) is 0 Å². The Labute approximate surface area is 235 Å². The minimum Gasteiger partial charge on any atom is -0.507 e. The Kier molecular flexibility index (Phi) is 7.70. The van der Waals surface area contributed by atoms with Crippen LogP contribution in [0.2, 0.25) is 0 Å². The van der Waals surface area contributed by atoms with Gasteiger partial charge in [-0.25, -0.2) is 4.98 Å². The highest BCUT2D eigenvalue weighted by Gasteiger charge is 2.48. The third-order valence-electron chi connectivity index (χ3n) is 6.64. The molecule has 206 valence electrons. The van der Waals surface area contributed by atoms with E-state index in [0.717, 1.165) is 11.1 Å². The summed E-state index contributed by atoms with van der Waals surface area (Å²) in [7, 11) is 3.10. The van der Waals surface area contributed by atoms with Crippen LogP contribution < -0.4 is 19.1 Å². The molecule has 0 radical (unpaired) electrons. The lowest BCUT2D eigenvalue weighted by Crippen LogP contribution is -2.29. The Hall–Kier alpha value is -4.44. The molecule has 1 aliphatic heterocycles. The number of aliphatic hydroxyl groups excluding tert-OH is 1. The van der Waals surface area contributed by atoms with E-state index in [1.54, 1.807) is 49.6 Å². The van der Waals surface area contributed by atoms with Gasteiger partial charge < -0.3 is 19.3 Å². The van der Waals surface area contributed by atoms with E-state index in [1.165, 1.54) is 35.7 Å². The number of amides is 1. The standard InChI is InChI=1S/C30H29N3O6S/c1-17(2)11-14-39-22-8-5-19(15-23(22)38-4)26-25(27(34)18-9-12-31-13-10-18)28(35)29(36)33(26)30-32-21-7-6-20(37-3)16-24(21)40-30/h5-10,12-13,15-17,26,34H,11,14H2,1-4H3. The Balaban J connectivity index is 1.65. The van der Waals surface area contributed by atoms with Crippen molar-refractivity contribution in [2.75, 3.05) is 25.7 Å². The molecule has 1 aliphatic rings. The molecule has 10 heteroatoms. The van der Waals surface area contributed by atoms with Gasteiger partial charge in [0.05, 0.1) is 42.7 Å². The average molecular weight is 560 g/mol. The largest absolute Gasteiger partial charge is 0.507 e. The van der Waals surface area contributed by atoms with Crippen molar-refractivity contribution in [2.45, 2.75) is 26.3 Å². The lowest BCUT2D eigenvalue weighted by molar-refractivity contribution is -0.132. The van der Waals surface area contributed by atoms with E-state index < -0.39 is 17.7 Å². The van der Waals surface area contributed by atoms with Crippen molar-refractivity contribution in [2.24, 2.45) is 5.92 Å². The molecule has 2 aromatic heterocycles.